The van der Waals surface area contributed by atoms with Crippen LogP contribution in [0, 0.1) is 0 Å². The molecule has 0 N–H and O–H groups in total. The summed E-state index contributed by atoms with van der Waals surface area (Å²) >= 11 is 0. The molecule has 26 heavy (non-hydrogen) atoms. The summed E-state index contributed by atoms with van der Waals surface area (Å²) < 4.78 is 71.0. The third-order valence-corrected chi connectivity index (χ3v) is 4.39. The zero-order valence-corrected chi connectivity index (χ0v) is 14.5. The Kier molecular flexibility index (Phi) is 5.96. The van der Waals surface area contributed by atoms with Crippen LogP contribution in [0.3, 0.4) is 0 Å². The van der Waals surface area contributed by atoms with E-state index in [2.05, 4.69) is 0 Å². The van der Waals surface area contributed by atoms with E-state index < -0.39 is 35.1 Å². The Balaban J connectivity index is 2.01. The normalized spacial score (nSPS) is 12.0. The molecule has 0 saturated heterocycles. The van der Waals surface area contributed by atoms with Gasteiger partial charge in [-0.15, -0.1) is 0 Å². The largest absolute Gasteiger partial charge is 0.484 e. The van der Waals surface area contributed by atoms with Crippen LogP contribution in [0.2, 0.25) is 0 Å². The van der Waals surface area contributed by atoms with Crippen molar-refractivity contribution in [1.82, 2.24) is 4.90 Å². The van der Waals surface area contributed by atoms with Gasteiger partial charge in [0, 0.05) is 6.26 Å². The highest BCUT2D eigenvalue weighted by molar-refractivity contribution is 7.90. The predicted octanol–water partition coefficient (Wildman–Crippen LogP) is 2.65. The summed E-state index contributed by atoms with van der Waals surface area (Å²) in [4.78, 5) is 12.7. The molecule has 0 aliphatic rings. The van der Waals surface area contributed by atoms with Crippen molar-refractivity contribution in [2.24, 2.45) is 0 Å². The summed E-state index contributed by atoms with van der Waals surface area (Å²) in [5.41, 5.74) is 0. The Bertz CT molecular complexity index is 830. The van der Waals surface area contributed by atoms with Crippen LogP contribution in [0.15, 0.2) is 52.0 Å². The van der Waals surface area contributed by atoms with Crippen LogP contribution in [0.5, 0.6) is 5.75 Å². The Morgan fingerprint density at radius 1 is 1.19 bits per heavy atom. The van der Waals surface area contributed by atoms with Gasteiger partial charge in [-0.2, -0.15) is 13.2 Å². The first kappa shape index (κ1) is 19.8. The molecule has 1 amide bonds. The Labute approximate surface area is 148 Å². The molecule has 0 spiro atoms. The lowest BCUT2D eigenvalue weighted by molar-refractivity contribution is -0.164. The van der Waals surface area contributed by atoms with Crippen molar-refractivity contribution >= 4 is 15.7 Å². The number of halogens is 3. The van der Waals surface area contributed by atoms with Gasteiger partial charge in [-0.05, 0) is 36.4 Å². The number of nitrogens with zero attached hydrogens (tertiary/aromatic N) is 1. The van der Waals surface area contributed by atoms with Crippen molar-refractivity contribution in [3.05, 3.63) is 48.4 Å². The number of hydrogen-bond donors (Lipinski definition) is 0. The quantitative estimate of drug-likeness (QED) is 0.725. The molecule has 1 aromatic carbocycles. The van der Waals surface area contributed by atoms with Crippen molar-refractivity contribution in [2.45, 2.75) is 17.6 Å². The second kappa shape index (κ2) is 7.81. The molecule has 0 bridgehead atoms. The molecule has 2 aromatic rings. The van der Waals surface area contributed by atoms with E-state index in [0.29, 0.717) is 4.90 Å². The molecule has 0 radical (unpaired) electrons. The molecule has 6 nitrogen and oxygen atoms in total. The van der Waals surface area contributed by atoms with Gasteiger partial charge in [-0.3, -0.25) is 4.79 Å². The minimum absolute atomic E-state index is 0.0627. The molecular weight excluding hydrogens is 375 g/mol. The topological polar surface area (TPSA) is 76.8 Å². The summed E-state index contributed by atoms with van der Waals surface area (Å²) in [5, 5.41) is 0. The summed E-state index contributed by atoms with van der Waals surface area (Å²) in [5.74, 6) is -0.512. The van der Waals surface area contributed by atoms with Crippen LogP contribution in [0.1, 0.15) is 5.76 Å². The lowest BCUT2D eigenvalue weighted by Gasteiger charge is -2.23. The third kappa shape index (κ3) is 6.10. The monoisotopic (exact) mass is 391 g/mol. The first-order chi connectivity index (χ1) is 12.0. The predicted molar refractivity (Wildman–Crippen MR) is 85.2 cm³/mol. The molecule has 0 saturated carbocycles. The number of sulfone groups is 1. The van der Waals surface area contributed by atoms with Crippen LogP contribution in [0.25, 0.3) is 0 Å². The van der Waals surface area contributed by atoms with Crippen molar-refractivity contribution in [1.29, 1.82) is 0 Å². The Morgan fingerprint density at radius 2 is 1.85 bits per heavy atom. The zero-order valence-electron chi connectivity index (χ0n) is 13.7. The molecule has 10 heteroatoms. The van der Waals surface area contributed by atoms with Crippen LogP contribution in [0.4, 0.5) is 13.2 Å². The molecule has 1 heterocycles. The van der Waals surface area contributed by atoms with E-state index in [1.807, 2.05) is 0 Å². The first-order valence-electron chi connectivity index (χ1n) is 7.34. The van der Waals surface area contributed by atoms with Gasteiger partial charge in [0.25, 0.3) is 5.91 Å². The van der Waals surface area contributed by atoms with Gasteiger partial charge < -0.3 is 14.1 Å². The maximum absolute atomic E-state index is 12.7. The second-order valence-electron chi connectivity index (χ2n) is 5.48. The molecule has 0 atom stereocenters. The minimum Gasteiger partial charge on any atom is -0.484 e. The number of carbonyl (C=O) groups excluding carboxylic acids is 1. The van der Waals surface area contributed by atoms with E-state index >= 15 is 0 Å². The number of rotatable bonds is 7. The highest BCUT2D eigenvalue weighted by Gasteiger charge is 2.33. The molecule has 142 valence electrons. The van der Waals surface area contributed by atoms with Gasteiger partial charge in [0.1, 0.15) is 18.1 Å². The summed E-state index contributed by atoms with van der Waals surface area (Å²) in [6.07, 6.45) is -2.24. The number of amides is 1. The van der Waals surface area contributed by atoms with Crippen LogP contribution < -0.4 is 4.74 Å². The van der Waals surface area contributed by atoms with Crippen molar-refractivity contribution < 1.29 is 35.5 Å². The second-order valence-corrected chi connectivity index (χ2v) is 7.49. The SMILES string of the molecule is CS(=O)(=O)c1ccc(OCC(=O)N(Cc2ccco2)CC(F)(F)F)cc1. The third-order valence-electron chi connectivity index (χ3n) is 3.26. The molecule has 2 rings (SSSR count). The number of furan rings is 1. The molecule has 1 aromatic heterocycles. The van der Waals surface area contributed by atoms with Crippen molar-refractivity contribution in [3.63, 3.8) is 0 Å². The van der Waals surface area contributed by atoms with Gasteiger partial charge in [0.2, 0.25) is 0 Å². The molecule has 0 aliphatic carbocycles. The summed E-state index contributed by atoms with van der Waals surface area (Å²) in [7, 11) is -3.38. The maximum Gasteiger partial charge on any atom is 0.406 e. The van der Waals surface area contributed by atoms with Gasteiger partial charge in [-0.1, -0.05) is 0 Å². The lowest BCUT2D eigenvalue weighted by atomic mass is 10.3. The Hall–Kier alpha value is -2.49. The van der Waals surface area contributed by atoms with Gasteiger partial charge in [0.15, 0.2) is 16.4 Å². The Morgan fingerprint density at radius 3 is 2.35 bits per heavy atom. The average Bonchev–Trinajstić information content (AvgIpc) is 3.03. The lowest BCUT2D eigenvalue weighted by Crippen LogP contribution is -2.40. The standard InChI is InChI=1S/C16H16F3NO5S/c1-26(22,23)14-6-4-12(5-7-14)25-10-15(21)20(11-16(17,18)19)9-13-3-2-8-24-13/h2-8H,9-11H2,1H3. The van der Waals surface area contributed by atoms with Crippen molar-refractivity contribution in [2.75, 3.05) is 19.4 Å². The van der Waals surface area contributed by atoms with Gasteiger partial charge >= 0.3 is 6.18 Å². The van der Waals surface area contributed by atoms with E-state index in [-0.39, 0.29) is 22.9 Å². The van der Waals surface area contributed by atoms with Crippen molar-refractivity contribution in [3.8, 4) is 5.75 Å². The average molecular weight is 391 g/mol. The highest BCUT2D eigenvalue weighted by Crippen LogP contribution is 2.20. The fraction of sp³-hybridized carbons (Fsp3) is 0.312. The smallest absolute Gasteiger partial charge is 0.406 e. The molecular formula is C16H16F3NO5S. The van der Waals surface area contributed by atoms with E-state index in [1.54, 1.807) is 0 Å². The number of benzene rings is 1. The zero-order chi connectivity index (χ0) is 19.4. The molecule has 0 fully saturated rings. The van der Waals surface area contributed by atoms with Crippen LogP contribution in [-0.4, -0.2) is 44.8 Å². The molecule has 0 aliphatic heterocycles. The van der Waals surface area contributed by atoms with E-state index in [9.17, 15) is 26.4 Å². The molecule has 0 unspecified atom stereocenters. The highest BCUT2D eigenvalue weighted by atomic mass is 32.2. The van der Waals surface area contributed by atoms with Crippen LogP contribution in [-0.2, 0) is 21.2 Å². The maximum atomic E-state index is 12.7. The van der Waals surface area contributed by atoms with E-state index in [1.165, 1.54) is 42.7 Å². The number of alkyl halides is 3. The number of ether oxygens (including phenoxy) is 1. The number of hydrogen-bond acceptors (Lipinski definition) is 5. The van der Waals surface area contributed by atoms with Gasteiger partial charge in [-0.25, -0.2) is 8.42 Å². The van der Waals surface area contributed by atoms with Gasteiger partial charge in [0.05, 0.1) is 17.7 Å². The first-order valence-corrected chi connectivity index (χ1v) is 9.23. The minimum atomic E-state index is -4.57. The number of carbonyl (C=O) groups is 1. The van der Waals surface area contributed by atoms with E-state index in [4.69, 9.17) is 9.15 Å². The fourth-order valence-corrected chi connectivity index (χ4v) is 2.69. The van der Waals surface area contributed by atoms with Crippen LogP contribution >= 0.6 is 0 Å². The fourth-order valence-electron chi connectivity index (χ4n) is 2.06. The van der Waals surface area contributed by atoms with E-state index in [0.717, 1.165) is 6.26 Å². The summed E-state index contributed by atoms with van der Waals surface area (Å²) in [6, 6.07) is 8.18. The summed E-state index contributed by atoms with van der Waals surface area (Å²) in [6.45, 7) is -2.42.